The number of hydrogen-bond acceptors (Lipinski definition) is 2. The lowest BCUT2D eigenvalue weighted by Gasteiger charge is -2.16. The molecule has 0 aliphatic heterocycles. The predicted octanol–water partition coefficient (Wildman–Crippen LogP) is 8.16. The van der Waals surface area contributed by atoms with Crippen LogP contribution in [0.4, 0.5) is 0 Å². The Hall–Kier alpha value is -1.22. The zero-order valence-electron chi connectivity index (χ0n) is 17.9. The Labute approximate surface area is 180 Å². The van der Waals surface area contributed by atoms with Crippen LogP contribution in [0, 0.1) is 5.92 Å². The highest BCUT2D eigenvalue weighted by atomic mass is 79.9. The summed E-state index contributed by atoms with van der Waals surface area (Å²) in [7, 11) is 0. The summed E-state index contributed by atoms with van der Waals surface area (Å²) >= 11 is 3.69. The second-order valence-corrected chi connectivity index (χ2v) is 9.04. The molecule has 0 aliphatic carbocycles. The van der Waals surface area contributed by atoms with E-state index in [1.165, 1.54) is 55.7 Å². The van der Waals surface area contributed by atoms with Crippen molar-refractivity contribution in [3.05, 3.63) is 36.4 Å². The second-order valence-electron chi connectivity index (χ2n) is 7.75. The molecular weight excluding hydrogens is 412 g/mol. The fourth-order valence-corrected chi connectivity index (χ4v) is 3.68. The zero-order chi connectivity index (χ0) is 20.2. The molecule has 0 aromatic heterocycles. The molecule has 0 fully saturated rings. The van der Waals surface area contributed by atoms with Gasteiger partial charge < -0.3 is 9.47 Å². The van der Waals surface area contributed by atoms with Gasteiger partial charge in [-0.15, -0.1) is 0 Å². The van der Waals surface area contributed by atoms with Gasteiger partial charge in [-0.2, -0.15) is 0 Å². The van der Waals surface area contributed by atoms with Crippen LogP contribution in [0.2, 0.25) is 0 Å². The van der Waals surface area contributed by atoms with Crippen LogP contribution >= 0.6 is 15.9 Å². The average molecular weight is 449 g/mol. The van der Waals surface area contributed by atoms with E-state index in [-0.39, 0.29) is 0 Å². The minimum absolute atomic E-state index is 0.642. The van der Waals surface area contributed by atoms with Gasteiger partial charge in [-0.1, -0.05) is 68.1 Å². The molecule has 0 heterocycles. The van der Waals surface area contributed by atoms with E-state index >= 15 is 0 Å². The van der Waals surface area contributed by atoms with Crippen LogP contribution < -0.4 is 9.47 Å². The molecule has 3 heteroatoms. The van der Waals surface area contributed by atoms with Crippen molar-refractivity contribution in [2.75, 3.05) is 13.2 Å². The lowest BCUT2D eigenvalue weighted by molar-refractivity contribution is 0.233. The van der Waals surface area contributed by atoms with Crippen LogP contribution in [-0.2, 0) is 0 Å². The van der Waals surface area contributed by atoms with Crippen molar-refractivity contribution < 1.29 is 9.47 Å². The Morgan fingerprint density at radius 3 is 2.07 bits per heavy atom. The van der Waals surface area contributed by atoms with Crippen LogP contribution in [0.25, 0.3) is 10.8 Å². The molecule has 2 aromatic carbocycles. The number of halogens is 1. The smallest absolute Gasteiger partial charge is 0.119 e. The molecule has 2 atom stereocenters. The lowest BCUT2D eigenvalue weighted by atomic mass is 10.0. The molecule has 0 amide bonds. The van der Waals surface area contributed by atoms with E-state index < -0.39 is 0 Å². The number of benzene rings is 2. The average Bonchev–Trinajstić information content (AvgIpc) is 2.73. The summed E-state index contributed by atoms with van der Waals surface area (Å²) in [5, 5.41) is 2.41. The fraction of sp³-hybridized carbons (Fsp3) is 0.600. The number of hydrogen-bond donors (Lipinski definition) is 0. The molecule has 0 bridgehead atoms. The van der Waals surface area contributed by atoms with Gasteiger partial charge in [0.15, 0.2) is 0 Å². The third kappa shape index (κ3) is 8.03. The third-order valence-electron chi connectivity index (χ3n) is 5.44. The van der Waals surface area contributed by atoms with Gasteiger partial charge in [0.1, 0.15) is 11.5 Å². The first-order valence-electron chi connectivity index (χ1n) is 11.1. The van der Waals surface area contributed by atoms with E-state index in [4.69, 9.17) is 9.47 Å². The van der Waals surface area contributed by atoms with Gasteiger partial charge >= 0.3 is 0 Å². The van der Waals surface area contributed by atoms with E-state index in [1.54, 1.807) is 0 Å². The summed E-state index contributed by atoms with van der Waals surface area (Å²) in [5.74, 6) is 2.58. The number of unbranched alkanes of at least 4 members (excludes halogenated alkanes) is 2. The van der Waals surface area contributed by atoms with Gasteiger partial charge in [0.05, 0.1) is 13.2 Å². The van der Waals surface area contributed by atoms with E-state index in [1.807, 2.05) is 0 Å². The minimum Gasteiger partial charge on any atom is -0.494 e. The van der Waals surface area contributed by atoms with Gasteiger partial charge in [0.2, 0.25) is 0 Å². The maximum atomic E-state index is 6.08. The molecule has 2 nitrogen and oxygen atoms in total. The summed E-state index contributed by atoms with van der Waals surface area (Å²) in [4.78, 5) is 0.642. The Balaban J connectivity index is 1.84. The molecule has 0 saturated carbocycles. The van der Waals surface area contributed by atoms with E-state index in [9.17, 15) is 0 Å². The van der Waals surface area contributed by atoms with Gasteiger partial charge in [-0.3, -0.25) is 0 Å². The number of alkyl halides is 1. The molecule has 2 aromatic rings. The van der Waals surface area contributed by atoms with Crippen LogP contribution in [0.5, 0.6) is 11.5 Å². The molecule has 2 unspecified atom stereocenters. The first kappa shape index (κ1) is 23.1. The summed E-state index contributed by atoms with van der Waals surface area (Å²) in [6, 6.07) is 12.7. The SMILES string of the molecule is CCCCC(CC)COc1ccc2cc(OCCCCC(Br)CC)ccc2c1. The first-order valence-corrected chi connectivity index (χ1v) is 12.0. The van der Waals surface area contributed by atoms with Crippen molar-refractivity contribution in [1.82, 2.24) is 0 Å². The molecule has 28 heavy (non-hydrogen) atoms. The normalized spacial score (nSPS) is 13.4. The summed E-state index contributed by atoms with van der Waals surface area (Å²) in [5.41, 5.74) is 0. The Kier molecular flexibility index (Phi) is 10.8. The van der Waals surface area contributed by atoms with Gasteiger partial charge in [0.25, 0.3) is 0 Å². The van der Waals surface area contributed by atoms with Crippen molar-refractivity contribution in [3.63, 3.8) is 0 Å². The maximum Gasteiger partial charge on any atom is 0.119 e. The molecule has 0 saturated heterocycles. The lowest BCUT2D eigenvalue weighted by Crippen LogP contribution is -2.11. The van der Waals surface area contributed by atoms with Crippen molar-refractivity contribution in [1.29, 1.82) is 0 Å². The fourth-order valence-electron chi connectivity index (χ4n) is 3.36. The van der Waals surface area contributed by atoms with E-state index in [0.29, 0.717) is 10.7 Å². The molecule has 2 rings (SSSR count). The van der Waals surface area contributed by atoms with Crippen molar-refractivity contribution in [2.45, 2.75) is 77.0 Å². The molecule has 156 valence electrons. The quantitative estimate of drug-likeness (QED) is 0.214. The number of rotatable bonds is 14. The molecule has 0 aliphatic rings. The number of ether oxygens (including phenoxy) is 2. The molecular formula is C25H37BrO2. The minimum atomic E-state index is 0.642. The van der Waals surface area contributed by atoms with Gasteiger partial charge in [-0.25, -0.2) is 0 Å². The topological polar surface area (TPSA) is 18.5 Å². The van der Waals surface area contributed by atoms with Crippen LogP contribution in [0.15, 0.2) is 36.4 Å². The molecule has 0 N–H and O–H groups in total. The van der Waals surface area contributed by atoms with E-state index in [2.05, 4.69) is 73.1 Å². The summed E-state index contributed by atoms with van der Waals surface area (Å²) in [6.45, 7) is 8.33. The standard InChI is InChI=1S/C25H37BrO2/c1-4-7-10-20(5-2)19-28-25-15-13-21-17-24(14-12-22(21)18-25)27-16-9-8-11-23(26)6-3/h12-15,17-18,20,23H,4-11,16,19H2,1-3H3. The molecule has 0 radical (unpaired) electrons. The Morgan fingerprint density at radius 1 is 0.786 bits per heavy atom. The Bertz CT molecular complexity index is 685. The van der Waals surface area contributed by atoms with Crippen molar-refractivity contribution in [3.8, 4) is 11.5 Å². The van der Waals surface area contributed by atoms with Crippen LogP contribution in [0.1, 0.15) is 72.1 Å². The summed E-state index contributed by atoms with van der Waals surface area (Å²) in [6.07, 6.45) is 9.70. The van der Waals surface area contributed by atoms with Gasteiger partial charge in [0, 0.05) is 4.83 Å². The molecule has 0 spiro atoms. The third-order valence-corrected chi connectivity index (χ3v) is 6.54. The Morgan fingerprint density at radius 2 is 1.46 bits per heavy atom. The van der Waals surface area contributed by atoms with E-state index in [0.717, 1.165) is 31.1 Å². The monoisotopic (exact) mass is 448 g/mol. The zero-order valence-corrected chi connectivity index (χ0v) is 19.5. The van der Waals surface area contributed by atoms with Crippen LogP contribution in [0.3, 0.4) is 0 Å². The van der Waals surface area contributed by atoms with Gasteiger partial charge in [-0.05, 0) is 73.1 Å². The maximum absolute atomic E-state index is 6.08. The highest BCUT2D eigenvalue weighted by molar-refractivity contribution is 9.09. The van der Waals surface area contributed by atoms with Crippen molar-refractivity contribution >= 4 is 26.7 Å². The van der Waals surface area contributed by atoms with Crippen molar-refractivity contribution in [2.24, 2.45) is 5.92 Å². The summed E-state index contributed by atoms with van der Waals surface area (Å²) < 4.78 is 12.0. The first-order chi connectivity index (χ1) is 13.7. The number of fused-ring (bicyclic) bond motifs is 1. The highest BCUT2D eigenvalue weighted by Crippen LogP contribution is 2.26. The van der Waals surface area contributed by atoms with Crippen LogP contribution in [-0.4, -0.2) is 18.0 Å². The predicted molar refractivity (Wildman–Crippen MR) is 125 cm³/mol. The second kappa shape index (κ2) is 13.1. The highest BCUT2D eigenvalue weighted by Gasteiger charge is 2.08. The largest absolute Gasteiger partial charge is 0.494 e.